The first kappa shape index (κ1) is 14.7. The van der Waals surface area contributed by atoms with Crippen LogP contribution in [0.5, 0.6) is 0 Å². The summed E-state index contributed by atoms with van der Waals surface area (Å²) in [5, 5.41) is 14.1. The number of carbonyl (C=O) groups is 2. The Morgan fingerprint density at radius 2 is 2.05 bits per heavy atom. The van der Waals surface area contributed by atoms with Crippen LogP contribution in [0.3, 0.4) is 0 Å². The minimum absolute atomic E-state index is 0.0605. The Morgan fingerprint density at radius 3 is 2.63 bits per heavy atom. The second-order valence-electron chi connectivity index (χ2n) is 4.94. The maximum Gasteiger partial charge on any atom is 0.319 e. The standard InChI is InChI=1S/C14H17N3O2/c1-10(18)11-5-4-6-12(7-11)17-13(19)16-9-14(2,3)8-15/h4-7H,9H2,1-3H3,(H2,16,17,19). The largest absolute Gasteiger partial charge is 0.336 e. The van der Waals surface area contributed by atoms with Gasteiger partial charge in [0.1, 0.15) is 0 Å². The summed E-state index contributed by atoms with van der Waals surface area (Å²) >= 11 is 0. The number of anilines is 1. The molecule has 0 atom stereocenters. The normalized spacial score (nSPS) is 10.4. The number of hydrogen-bond donors (Lipinski definition) is 2. The molecule has 0 unspecified atom stereocenters. The third-order valence-electron chi connectivity index (χ3n) is 2.52. The van der Waals surface area contributed by atoms with Crippen molar-refractivity contribution in [1.29, 1.82) is 5.26 Å². The molecule has 2 amide bonds. The smallest absolute Gasteiger partial charge is 0.319 e. The number of amides is 2. The summed E-state index contributed by atoms with van der Waals surface area (Å²) in [6.45, 7) is 5.20. The van der Waals surface area contributed by atoms with Gasteiger partial charge in [-0.3, -0.25) is 4.79 Å². The average molecular weight is 259 g/mol. The second-order valence-corrected chi connectivity index (χ2v) is 4.94. The van der Waals surface area contributed by atoms with Crippen LogP contribution in [0.15, 0.2) is 24.3 Å². The molecule has 0 fully saturated rings. The highest BCUT2D eigenvalue weighted by Crippen LogP contribution is 2.12. The molecule has 1 aromatic carbocycles. The molecule has 100 valence electrons. The van der Waals surface area contributed by atoms with Gasteiger partial charge in [-0.2, -0.15) is 5.26 Å². The topological polar surface area (TPSA) is 82.0 Å². The number of Topliss-reactive ketones (excluding diaryl/α,β-unsaturated/α-hetero) is 1. The zero-order chi connectivity index (χ0) is 14.5. The highest BCUT2D eigenvalue weighted by Gasteiger charge is 2.17. The van der Waals surface area contributed by atoms with E-state index in [1.807, 2.05) is 0 Å². The van der Waals surface area contributed by atoms with E-state index in [-0.39, 0.29) is 12.3 Å². The van der Waals surface area contributed by atoms with E-state index in [2.05, 4.69) is 16.7 Å². The lowest BCUT2D eigenvalue weighted by molar-refractivity contribution is 0.101. The lowest BCUT2D eigenvalue weighted by atomic mass is 9.96. The van der Waals surface area contributed by atoms with Gasteiger partial charge in [0.2, 0.25) is 0 Å². The number of carbonyl (C=O) groups excluding carboxylic acids is 2. The van der Waals surface area contributed by atoms with Gasteiger partial charge in [-0.15, -0.1) is 0 Å². The van der Waals surface area contributed by atoms with Gasteiger partial charge in [0.05, 0.1) is 11.5 Å². The van der Waals surface area contributed by atoms with Crippen molar-refractivity contribution in [3.8, 4) is 6.07 Å². The van der Waals surface area contributed by atoms with Crippen molar-refractivity contribution in [3.63, 3.8) is 0 Å². The Kier molecular flexibility index (Phi) is 4.65. The van der Waals surface area contributed by atoms with E-state index in [4.69, 9.17) is 5.26 Å². The van der Waals surface area contributed by atoms with Gasteiger partial charge in [-0.25, -0.2) is 4.79 Å². The number of benzene rings is 1. The SMILES string of the molecule is CC(=O)c1cccc(NC(=O)NCC(C)(C)C#N)c1. The molecule has 1 aromatic rings. The van der Waals surface area contributed by atoms with Gasteiger partial charge in [0.15, 0.2) is 5.78 Å². The maximum absolute atomic E-state index is 11.6. The van der Waals surface area contributed by atoms with Crippen LogP contribution in [0.1, 0.15) is 31.1 Å². The molecule has 0 aliphatic rings. The molecule has 0 spiro atoms. The Bertz CT molecular complexity index is 530. The van der Waals surface area contributed by atoms with Crippen molar-refractivity contribution in [1.82, 2.24) is 5.32 Å². The number of nitrogens with one attached hydrogen (secondary N) is 2. The van der Waals surface area contributed by atoms with Crippen LogP contribution in [-0.4, -0.2) is 18.4 Å². The van der Waals surface area contributed by atoms with Gasteiger partial charge in [0.25, 0.3) is 0 Å². The molecule has 5 nitrogen and oxygen atoms in total. The van der Waals surface area contributed by atoms with E-state index in [0.717, 1.165) is 0 Å². The number of nitriles is 1. The first-order valence-corrected chi connectivity index (χ1v) is 5.91. The molecule has 0 bridgehead atoms. The van der Waals surface area contributed by atoms with Crippen molar-refractivity contribution in [2.45, 2.75) is 20.8 Å². The van der Waals surface area contributed by atoms with E-state index >= 15 is 0 Å². The molecule has 0 saturated heterocycles. The fraction of sp³-hybridized carbons (Fsp3) is 0.357. The first-order valence-electron chi connectivity index (χ1n) is 5.91. The van der Waals surface area contributed by atoms with Crippen molar-refractivity contribution < 1.29 is 9.59 Å². The number of ketones is 1. The van der Waals surface area contributed by atoms with Crippen LogP contribution in [0.4, 0.5) is 10.5 Å². The number of urea groups is 1. The summed E-state index contributed by atoms with van der Waals surface area (Å²) in [5.41, 5.74) is 0.466. The molecule has 0 radical (unpaired) electrons. The molecule has 0 heterocycles. The number of nitrogens with zero attached hydrogens (tertiary/aromatic N) is 1. The van der Waals surface area contributed by atoms with Crippen LogP contribution in [-0.2, 0) is 0 Å². The Labute approximate surface area is 112 Å². The monoisotopic (exact) mass is 259 g/mol. The summed E-state index contributed by atoms with van der Waals surface area (Å²) in [6.07, 6.45) is 0. The molecule has 0 aliphatic heterocycles. The predicted octanol–water partition coefficient (Wildman–Crippen LogP) is 2.56. The lowest BCUT2D eigenvalue weighted by Crippen LogP contribution is -2.36. The second kappa shape index (κ2) is 6.01. The fourth-order valence-electron chi connectivity index (χ4n) is 1.33. The van der Waals surface area contributed by atoms with Crippen molar-refractivity contribution in [2.24, 2.45) is 5.41 Å². The van der Waals surface area contributed by atoms with E-state index < -0.39 is 11.4 Å². The van der Waals surface area contributed by atoms with E-state index in [1.54, 1.807) is 38.1 Å². The molecule has 0 saturated carbocycles. The number of rotatable bonds is 4. The van der Waals surface area contributed by atoms with Crippen LogP contribution in [0, 0.1) is 16.7 Å². The zero-order valence-electron chi connectivity index (χ0n) is 11.3. The van der Waals surface area contributed by atoms with Gasteiger partial charge in [0, 0.05) is 17.8 Å². The Morgan fingerprint density at radius 1 is 1.37 bits per heavy atom. The fourth-order valence-corrected chi connectivity index (χ4v) is 1.33. The van der Waals surface area contributed by atoms with Crippen LogP contribution >= 0.6 is 0 Å². The van der Waals surface area contributed by atoms with E-state index in [9.17, 15) is 9.59 Å². The lowest BCUT2D eigenvalue weighted by Gasteiger charge is -2.16. The van der Waals surface area contributed by atoms with Gasteiger partial charge < -0.3 is 10.6 Å². The molecule has 2 N–H and O–H groups in total. The Hall–Kier alpha value is -2.35. The van der Waals surface area contributed by atoms with Gasteiger partial charge in [-0.05, 0) is 32.9 Å². The zero-order valence-corrected chi connectivity index (χ0v) is 11.3. The van der Waals surface area contributed by atoms with Crippen molar-refractivity contribution in [3.05, 3.63) is 29.8 Å². The summed E-state index contributed by atoms with van der Waals surface area (Å²) in [6, 6.07) is 8.39. The van der Waals surface area contributed by atoms with Crippen LogP contribution < -0.4 is 10.6 Å². The predicted molar refractivity (Wildman–Crippen MR) is 72.9 cm³/mol. The number of hydrogen-bond acceptors (Lipinski definition) is 3. The highest BCUT2D eigenvalue weighted by molar-refractivity contribution is 5.96. The van der Waals surface area contributed by atoms with Crippen molar-refractivity contribution >= 4 is 17.5 Å². The summed E-state index contributed by atoms with van der Waals surface area (Å²) < 4.78 is 0. The molecular weight excluding hydrogens is 242 g/mol. The molecule has 0 aliphatic carbocycles. The Balaban J connectivity index is 2.61. The van der Waals surface area contributed by atoms with E-state index in [1.165, 1.54) is 6.92 Å². The average Bonchev–Trinajstić information content (AvgIpc) is 2.37. The van der Waals surface area contributed by atoms with Gasteiger partial charge in [-0.1, -0.05) is 12.1 Å². The summed E-state index contributed by atoms with van der Waals surface area (Å²) in [7, 11) is 0. The summed E-state index contributed by atoms with van der Waals surface area (Å²) in [4.78, 5) is 22.9. The molecular formula is C14H17N3O2. The summed E-state index contributed by atoms with van der Waals surface area (Å²) in [5.74, 6) is -0.0605. The molecule has 0 aromatic heterocycles. The molecule has 1 rings (SSSR count). The third kappa shape index (κ3) is 4.80. The van der Waals surface area contributed by atoms with Crippen LogP contribution in [0.2, 0.25) is 0 Å². The van der Waals surface area contributed by atoms with Crippen LogP contribution in [0.25, 0.3) is 0 Å². The van der Waals surface area contributed by atoms with Gasteiger partial charge >= 0.3 is 6.03 Å². The molecule has 5 heteroatoms. The quantitative estimate of drug-likeness (QED) is 0.815. The third-order valence-corrected chi connectivity index (χ3v) is 2.52. The highest BCUT2D eigenvalue weighted by atomic mass is 16.2. The first-order chi connectivity index (χ1) is 8.84. The maximum atomic E-state index is 11.6. The van der Waals surface area contributed by atoms with Crippen molar-refractivity contribution in [2.75, 3.05) is 11.9 Å². The molecule has 19 heavy (non-hydrogen) atoms. The minimum Gasteiger partial charge on any atom is -0.336 e. The van der Waals surface area contributed by atoms with E-state index in [0.29, 0.717) is 11.3 Å². The minimum atomic E-state index is -0.613.